The van der Waals surface area contributed by atoms with Crippen molar-refractivity contribution in [1.29, 1.82) is 0 Å². The number of Topliss-reactive ketones (excluding diaryl/α,β-unsaturated/α-hetero) is 1. The molecule has 0 saturated carbocycles. The summed E-state index contributed by atoms with van der Waals surface area (Å²) in [5.41, 5.74) is 2.99. The van der Waals surface area contributed by atoms with Crippen molar-refractivity contribution < 1.29 is 19.2 Å². The molecule has 0 aliphatic heterocycles. The standard InChI is InChI=1S/C20H22N2O4/c1-11-17-15(22-25)9-20(3,4)10-16(17)26-18(11)19(24)21-14-7-5-13(6-8-14)12(2)23/h5-8,25H,9-10H2,1-4H3,(H,21,24)/b22-15-. The number of carbonyl (C=O) groups is 2. The average Bonchev–Trinajstić information content (AvgIpc) is 2.90. The summed E-state index contributed by atoms with van der Waals surface area (Å²) in [6.07, 6.45) is 1.28. The Morgan fingerprint density at radius 3 is 2.42 bits per heavy atom. The topological polar surface area (TPSA) is 91.9 Å². The van der Waals surface area contributed by atoms with Crippen LogP contribution in [0.15, 0.2) is 33.8 Å². The van der Waals surface area contributed by atoms with Crippen LogP contribution in [-0.4, -0.2) is 22.6 Å². The third-order valence-corrected chi connectivity index (χ3v) is 4.67. The minimum Gasteiger partial charge on any atom is -0.455 e. The van der Waals surface area contributed by atoms with Gasteiger partial charge in [-0.15, -0.1) is 0 Å². The van der Waals surface area contributed by atoms with E-state index in [2.05, 4.69) is 24.3 Å². The van der Waals surface area contributed by atoms with Crippen molar-refractivity contribution >= 4 is 23.1 Å². The molecule has 6 nitrogen and oxygen atoms in total. The molecule has 2 N–H and O–H groups in total. The van der Waals surface area contributed by atoms with Crippen molar-refractivity contribution in [2.45, 2.75) is 40.5 Å². The maximum absolute atomic E-state index is 12.7. The van der Waals surface area contributed by atoms with Crippen LogP contribution in [0.3, 0.4) is 0 Å². The van der Waals surface area contributed by atoms with Gasteiger partial charge in [0.2, 0.25) is 0 Å². The van der Waals surface area contributed by atoms with Crippen LogP contribution < -0.4 is 5.32 Å². The molecule has 1 amide bonds. The van der Waals surface area contributed by atoms with Crippen LogP contribution in [0.2, 0.25) is 0 Å². The minimum atomic E-state index is -0.373. The second-order valence-electron chi connectivity index (χ2n) is 7.51. The summed E-state index contributed by atoms with van der Waals surface area (Å²) in [6.45, 7) is 7.41. The molecule has 0 bridgehead atoms. The molecule has 1 heterocycles. The molecular weight excluding hydrogens is 332 g/mol. The number of nitrogens with zero attached hydrogens (tertiary/aromatic N) is 1. The Bertz CT molecular complexity index is 905. The Morgan fingerprint density at radius 1 is 1.19 bits per heavy atom. The third-order valence-electron chi connectivity index (χ3n) is 4.67. The van der Waals surface area contributed by atoms with E-state index in [1.54, 1.807) is 31.2 Å². The highest BCUT2D eigenvalue weighted by atomic mass is 16.4. The molecule has 26 heavy (non-hydrogen) atoms. The van der Waals surface area contributed by atoms with Crippen molar-refractivity contribution in [3.05, 3.63) is 52.5 Å². The highest BCUT2D eigenvalue weighted by Crippen LogP contribution is 2.38. The Balaban J connectivity index is 1.89. The zero-order valence-electron chi connectivity index (χ0n) is 15.3. The van der Waals surface area contributed by atoms with Gasteiger partial charge in [-0.2, -0.15) is 0 Å². The van der Waals surface area contributed by atoms with Crippen molar-refractivity contribution in [3.63, 3.8) is 0 Å². The van der Waals surface area contributed by atoms with Crippen molar-refractivity contribution in [1.82, 2.24) is 0 Å². The van der Waals surface area contributed by atoms with E-state index in [0.29, 0.717) is 41.1 Å². The van der Waals surface area contributed by atoms with Crippen LogP contribution in [0.5, 0.6) is 0 Å². The first-order chi connectivity index (χ1) is 12.2. The molecule has 0 unspecified atom stereocenters. The van der Waals surface area contributed by atoms with Crippen molar-refractivity contribution in [2.75, 3.05) is 5.32 Å². The molecule has 0 atom stereocenters. The van der Waals surface area contributed by atoms with Crippen LogP contribution in [0.1, 0.15) is 65.0 Å². The number of fused-ring (bicyclic) bond motifs is 1. The van der Waals surface area contributed by atoms with Gasteiger partial charge in [0.15, 0.2) is 11.5 Å². The quantitative estimate of drug-likeness (QED) is 0.491. The van der Waals surface area contributed by atoms with E-state index in [0.717, 1.165) is 5.56 Å². The van der Waals surface area contributed by atoms with Gasteiger partial charge in [0.25, 0.3) is 5.91 Å². The molecule has 3 rings (SSSR count). The summed E-state index contributed by atoms with van der Waals surface area (Å²) >= 11 is 0. The number of nitrogens with one attached hydrogen (secondary N) is 1. The molecule has 0 spiro atoms. The maximum atomic E-state index is 12.7. The number of amides is 1. The SMILES string of the molecule is CC(=O)c1ccc(NC(=O)c2oc3c(c2C)/C(=N\O)CC(C)(C)C3)cc1. The molecule has 1 aliphatic rings. The Hall–Kier alpha value is -2.89. The first-order valence-electron chi connectivity index (χ1n) is 8.48. The van der Waals surface area contributed by atoms with Gasteiger partial charge in [0, 0.05) is 28.8 Å². The van der Waals surface area contributed by atoms with Crippen LogP contribution in [0.4, 0.5) is 5.69 Å². The van der Waals surface area contributed by atoms with Gasteiger partial charge in [-0.25, -0.2) is 0 Å². The maximum Gasteiger partial charge on any atom is 0.291 e. The summed E-state index contributed by atoms with van der Waals surface area (Å²) < 4.78 is 5.84. The fraction of sp³-hybridized carbons (Fsp3) is 0.350. The molecule has 0 saturated heterocycles. The molecule has 1 aromatic carbocycles. The van der Waals surface area contributed by atoms with E-state index in [9.17, 15) is 14.8 Å². The summed E-state index contributed by atoms with van der Waals surface area (Å²) in [7, 11) is 0. The Kier molecular flexibility index (Phi) is 4.44. The fourth-order valence-electron chi connectivity index (χ4n) is 3.39. The normalized spacial score (nSPS) is 17.0. The van der Waals surface area contributed by atoms with Gasteiger partial charge < -0.3 is 14.9 Å². The highest BCUT2D eigenvalue weighted by Gasteiger charge is 2.36. The van der Waals surface area contributed by atoms with Crippen LogP contribution in [0.25, 0.3) is 0 Å². The number of oxime groups is 1. The zero-order valence-corrected chi connectivity index (χ0v) is 15.3. The van der Waals surface area contributed by atoms with Crippen molar-refractivity contribution in [2.24, 2.45) is 10.6 Å². The minimum absolute atomic E-state index is 0.0316. The van der Waals surface area contributed by atoms with Crippen LogP contribution >= 0.6 is 0 Å². The number of ketones is 1. The first-order valence-corrected chi connectivity index (χ1v) is 8.48. The lowest BCUT2D eigenvalue weighted by atomic mass is 9.75. The fourth-order valence-corrected chi connectivity index (χ4v) is 3.39. The van der Waals surface area contributed by atoms with E-state index < -0.39 is 0 Å². The lowest BCUT2D eigenvalue weighted by Gasteiger charge is -2.28. The van der Waals surface area contributed by atoms with Gasteiger partial charge in [-0.05, 0) is 49.9 Å². The number of anilines is 1. The van der Waals surface area contributed by atoms with Gasteiger partial charge in [-0.1, -0.05) is 19.0 Å². The number of carbonyl (C=O) groups excluding carboxylic acids is 2. The largest absolute Gasteiger partial charge is 0.455 e. The second kappa shape index (κ2) is 6.44. The number of hydrogen-bond donors (Lipinski definition) is 2. The number of benzene rings is 1. The van der Waals surface area contributed by atoms with Crippen molar-refractivity contribution in [3.8, 4) is 0 Å². The molecule has 0 radical (unpaired) electrons. The monoisotopic (exact) mass is 354 g/mol. The average molecular weight is 354 g/mol. The van der Waals surface area contributed by atoms with Gasteiger partial charge >= 0.3 is 0 Å². The summed E-state index contributed by atoms with van der Waals surface area (Å²) in [4.78, 5) is 24.0. The zero-order chi connectivity index (χ0) is 19.1. The molecule has 0 fully saturated rings. The second-order valence-corrected chi connectivity index (χ2v) is 7.51. The van der Waals surface area contributed by atoms with E-state index in [1.165, 1.54) is 6.92 Å². The van der Waals surface area contributed by atoms with E-state index >= 15 is 0 Å². The van der Waals surface area contributed by atoms with E-state index in [1.807, 2.05) is 0 Å². The molecule has 136 valence electrons. The highest BCUT2D eigenvalue weighted by molar-refractivity contribution is 6.09. The lowest BCUT2D eigenvalue weighted by Crippen LogP contribution is -2.27. The number of furan rings is 1. The molecule has 1 aliphatic carbocycles. The number of hydrogen-bond acceptors (Lipinski definition) is 5. The Labute approximate surface area is 151 Å². The lowest BCUT2D eigenvalue weighted by molar-refractivity contribution is 0.0991. The van der Waals surface area contributed by atoms with Gasteiger partial charge in [0.05, 0.1) is 5.71 Å². The Morgan fingerprint density at radius 2 is 1.85 bits per heavy atom. The molecule has 6 heteroatoms. The van der Waals surface area contributed by atoms with E-state index in [-0.39, 0.29) is 22.9 Å². The van der Waals surface area contributed by atoms with Crippen LogP contribution in [0, 0.1) is 12.3 Å². The summed E-state index contributed by atoms with van der Waals surface area (Å²) in [5, 5.41) is 15.6. The van der Waals surface area contributed by atoms with Gasteiger partial charge in [0.1, 0.15) is 5.76 Å². The van der Waals surface area contributed by atoms with Crippen LogP contribution in [-0.2, 0) is 6.42 Å². The molecule has 1 aromatic heterocycles. The van der Waals surface area contributed by atoms with Gasteiger partial charge in [-0.3, -0.25) is 9.59 Å². The molecule has 2 aromatic rings. The summed E-state index contributed by atoms with van der Waals surface area (Å²) in [5.74, 6) is 0.478. The third kappa shape index (κ3) is 3.27. The summed E-state index contributed by atoms with van der Waals surface area (Å²) in [6, 6.07) is 6.68. The predicted octanol–water partition coefficient (Wildman–Crippen LogP) is 4.19. The first kappa shape index (κ1) is 17.9. The predicted molar refractivity (Wildman–Crippen MR) is 98.3 cm³/mol. The van der Waals surface area contributed by atoms with E-state index in [4.69, 9.17) is 4.42 Å². The number of rotatable bonds is 3. The smallest absolute Gasteiger partial charge is 0.291 e. The molecular formula is C20H22N2O4.